The van der Waals surface area contributed by atoms with Gasteiger partial charge in [-0.05, 0) is 52.9 Å². The van der Waals surface area contributed by atoms with E-state index in [0.717, 1.165) is 11.3 Å². The number of carbonyl (C=O) groups is 1. The Morgan fingerprint density at radius 3 is 2.10 bits per heavy atom. The molecule has 0 spiro atoms. The van der Waals surface area contributed by atoms with Crippen molar-refractivity contribution < 1.29 is 14.3 Å². The van der Waals surface area contributed by atoms with Crippen molar-refractivity contribution in [2.45, 2.75) is 26.2 Å². The molecule has 0 aromatic heterocycles. The first-order valence-corrected chi connectivity index (χ1v) is 9.83. The highest BCUT2D eigenvalue weighted by Crippen LogP contribution is 2.27. The van der Waals surface area contributed by atoms with E-state index in [-0.39, 0.29) is 11.2 Å². The van der Waals surface area contributed by atoms with Gasteiger partial charge in [0, 0.05) is 17.8 Å². The number of nitrogens with zero attached hydrogens (tertiary/aromatic N) is 1. The molecule has 0 fully saturated rings. The van der Waals surface area contributed by atoms with Crippen LogP contribution in [0.1, 0.15) is 47.8 Å². The minimum atomic E-state index is -0.109. The van der Waals surface area contributed by atoms with Gasteiger partial charge in [-0.25, -0.2) is 0 Å². The number of ether oxygens (including phenoxy) is 2. The highest BCUT2D eigenvalue weighted by Gasteiger charge is 2.15. The molecule has 0 aliphatic carbocycles. The summed E-state index contributed by atoms with van der Waals surface area (Å²) in [6.07, 6.45) is 1.83. The average molecular weight is 402 g/mol. The van der Waals surface area contributed by atoms with E-state index in [2.05, 4.69) is 50.0 Å². The van der Waals surface area contributed by atoms with Crippen LogP contribution in [0.5, 0.6) is 11.5 Å². The van der Waals surface area contributed by atoms with Crippen molar-refractivity contribution in [2.75, 3.05) is 14.2 Å². The quantitative estimate of drug-likeness (QED) is 0.377. The Labute approximate surface area is 178 Å². The predicted octanol–water partition coefficient (Wildman–Crippen LogP) is 5.98. The minimum Gasteiger partial charge on any atom is -0.497 e. The van der Waals surface area contributed by atoms with Crippen LogP contribution in [-0.4, -0.2) is 26.2 Å². The number of hydrogen-bond acceptors (Lipinski definition) is 4. The standard InChI is InChI=1S/C26H27NO3/c1-26(2,3)20-10-6-18(7-11-20)17-27-21-12-8-19(9-13-21)25(28)23-15-14-22(29-4)16-24(23)30-5/h6-17H,1-5H3. The molecule has 0 radical (unpaired) electrons. The van der Waals surface area contributed by atoms with E-state index in [9.17, 15) is 4.79 Å². The van der Waals surface area contributed by atoms with Gasteiger partial charge in [0.1, 0.15) is 11.5 Å². The number of aliphatic imine (C=N–C) groups is 1. The van der Waals surface area contributed by atoms with Crippen molar-refractivity contribution in [1.82, 2.24) is 0 Å². The number of carbonyl (C=O) groups excluding carboxylic acids is 1. The molecule has 0 N–H and O–H groups in total. The van der Waals surface area contributed by atoms with Crippen LogP contribution in [0.15, 0.2) is 71.7 Å². The first-order valence-electron chi connectivity index (χ1n) is 9.83. The number of rotatable bonds is 6. The second kappa shape index (κ2) is 8.95. The lowest BCUT2D eigenvalue weighted by Gasteiger charge is -2.18. The molecule has 0 bridgehead atoms. The average Bonchev–Trinajstić information content (AvgIpc) is 2.76. The van der Waals surface area contributed by atoms with Gasteiger partial charge >= 0.3 is 0 Å². The largest absolute Gasteiger partial charge is 0.497 e. The summed E-state index contributed by atoms with van der Waals surface area (Å²) in [5.41, 5.74) is 4.31. The van der Waals surface area contributed by atoms with Crippen molar-refractivity contribution in [3.63, 3.8) is 0 Å². The molecule has 3 rings (SSSR count). The van der Waals surface area contributed by atoms with Crippen LogP contribution in [-0.2, 0) is 5.41 Å². The van der Waals surface area contributed by atoms with Crippen molar-refractivity contribution in [3.8, 4) is 11.5 Å². The molecule has 3 aromatic carbocycles. The summed E-state index contributed by atoms with van der Waals surface area (Å²) in [5, 5.41) is 0. The molecular weight excluding hydrogens is 374 g/mol. The zero-order chi connectivity index (χ0) is 21.7. The third kappa shape index (κ3) is 4.95. The molecule has 4 nitrogen and oxygen atoms in total. The van der Waals surface area contributed by atoms with Gasteiger partial charge in [-0.15, -0.1) is 0 Å². The fourth-order valence-electron chi connectivity index (χ4n) is 3.06. The Balaban J connectivity index is 1.75. The second-order valence-electron chi connectivity index (χ2n) is 8.07. The first kappa shape index (κ1) is 21.3. The van der Waals surface area contributed by atoms with Gasteiger partial charge in [-0.3, -0.25) is 9.79 Å². The summed E-state index contributed by atoms with van der Waals surface area (Å²) in [7, 11) is 3.12. The Morgan fingerprint density at radius 1 is 0.867 bits per heavy atom. The lowest BCUT2D eigenvalue weighted by molar-refractivity contribution is 0.103. The molecule has 4 heteroatoms. The van der Waals surface area contributed by atoms with Crippen LogP contribution < -0.4 is 9.47 Å². The van der Waals surface area contributed by atoms with Crippen molar-refractivity contribution >= 4 is 17.7 Å². The summed E-state index contributed by atoms with van der Waals surface area (Å²) >= 11 is 0. The molecule has 0 unspecified atom stereocenters. The molecule has 0 saturated heterocycles. The first-order chi connectivity index (χ1) is 14.3. The van der Waals surface area contributed by atoms with Gasteiger partial charge in [0.25, 0.3) is 0 Å². The zero-order valence-electron chi connectivity index (χ0n) is 18.1. The van der Waals surface area contributed by atoms with Gasteiger partial charge < -0.3 is 9.47 Å². The molecule has 154 valence electrons. The van der Waals surface area contributed by atoms with Gasteiger partial charge in [0.15, 0.2) is 5.78 Å². The van der Waals surface area contributed by atoms with Crippen LogP contribution in [0.25, 0.3) is 0 Å². The third-order valence-electron chi connectivity index (χ3n) is 4.92. The topological polar surface area (TPSA) is 47.9 Å². The zero-order valence-corrected chi connectivity index (χ0v) is 18.1. The van der Waals surface area contributed by atoms with Crippen LogP contribution in [0.3, 0.4) is 0 Å². The van der Waals surface area contributed by atoms with Crippen LogP contribution in [0.2, 0.25) is 0 Å². The maximum Gasteiger partial charge on any atom is 0.196 e. The SMILES string of the molecule is COc1ccc(C(=O)c2ccc(N=Cc3ccc(C(C)(C)C)cc3)cc2)c(OC)c1. The van der Waals surface area contributed by atoms with Gasteiger partial charge in [-0.2, -0.15) is 0 Å². The van der Waals surface area contributed by atoms with E-state index in [1.54, 1.807) is 37.4 Å². The lowest BCUT2D eigenvalue weighted by Crippen LogP contribution is -2.10. The smallest absolute Gasteiger partial charge is 0.196 e. The fourth-order valence-corrected chi connectivity index (χ4v) is 3.06. The minimum absolute atomic E-state index is 0.109. The predicted molar refractivity (Wildman–Crippen MR) is 122 cm³/mol. The van der Waals surface area contributed by atoms with Crippen LogP contribution >= 0.6 is 0 Å². The van der Waals surface area contributed by atoms with Crippen molar-refractivity contribution in [1.29, 1.82) is 0 Å². The summed E-state index contributed by atoms with van der Waals surface area (Å²) in [6.45, 7) is 6.58. The molecule has 0 aliphatic rings. The number of methoxy groups -OCH3 is 2. The number of ketones is 1. The summed E-state index contributed by atoms with van der Waals surface area (Å²) in [6, 6.07) is 20.8. The van der Waals surface area contributed by atoms with E-state index in [4.69, 9.17) is 9.47 Å². The molecule has 0 heterocycles. The highest BCUT2D eigenvalue weighted by atomic mass is 16.5. The summed E-state index contributed by atoms with van der Waals surface area (Å²) in [5.74, 6) is 1.02. The third-order valence-corrected chi connectivity index (χ3v) is 4.92. The molecule has 3 aromatic rings. The maximum absolute atomic E-state index is 12.9. The Bertz CT molecular complexity index is 1040. The van der Waals surface area contributed by atoms with Crippen molar-refractivity contribution in [2.24, 2.45) is 4.99 Å². The highest BCUT2D eigenvalue weighted by molar-refractivity contribution is 6.11. The van der Waals surface area contributed by atoms with Crippen LogP contribution in [0, 0.1) is 0 Å². The van der Waals surface area contributed by atoms with Gasteiger partial charge in [-0.1, -0.05) is 45.0 Å². The molecule has 0 saturated carbocycles. The molecule has 30 heavy (non-hydrogen) atoms. The molecule has 0 aliphatic heterocycles. The van der Waals surface area contributed by atoms with E-state index >= 15 is 0 Å². The lowest BCUT2D eigenvalue weighted by atomic mass is 9.87. The molecule has 0 amide bonds. The molecular formula is C26H27NO3. The van der Waals surface area contributed by atoms with E-state index < -0.39 is 0 Å². The monoisotopic (exact) mass is 401 g/mol. The van der Waals surface area contributed by atoms with E-state index in [1.165, 1.54) is 12.7 Å². The van der Waals surface area contributed by atoms with E-state index in [0.29, 0.717) is 22.6 Å². The normalized spacial score (nSPS) is 11.5. The summed E-state index contributed by atoms with van der Waals surface area (Å²) < 4.78 is 10.5. The van der Waals surface area contributed by atoms with Gasteiger partial charge in [0.2, 0.25) is 0 Å². The Kier molecular flexibility index (Phi) is 6.36. The molecule has 0 atom stereocenters. The number of benzene rings is 3. The van der Waals surface area contributed by atoms with Crippen molar-refractivity contribution in [3.05, 3.63) is 89.0 Å². The Hall–Kier alpha value is -3.40. The Morgan fingerprint density at radius 2 is 1.53 bits per heavy atom. The maximum atomic E-state index is 12.9. The summed E-state index contributed by atoms with van der Waals surface area (Å²) in [4.78, 5) is 17.4. The fraction of sp³-hybridized carbons (Fsp3) is 0.231. The van der Waals surface area contributed by atoms with Gasteiger partial charge in [0.05, 0.1) is 25.5 Å². The van der Waals surface area contributed by atoms with E-state index in [1.807, 2.05) is 18.3 Å². The number of hydrogen-bond donors (Lipinski definition) is 0. The van der Waals surface area contributed by atoms with Crippen LogP contribution in [0.4, 0.5) is 5.69 Å². The second-order valence-corrected chi connectivity index (χ2v) is 8.07.